The van der Waals surface area contributed by atoms with Crippen molar-refractivity contribution in [2.24, 2.45) is 0 Å². The van der Waals surface area contributed by atoms with E-state index in [1.807, 2.05) is 18.2 Å². The van der Waals surface area contributed by atoms with Crippen molar-refractivity contribution in [3.63, 3.8) is 0 Å². The Labute approximate surface area is 153 Å². The van der Waals surface area contributed by atoms with Gasteiger partial charge in [-0.2, -0.15) is 0 Å². The van der Waals surface area contributed by atoms with Crippen LogP contribution in [-0.4, -0.2) is 24.3 Å². The highest BCUT2D eigenvalue weighted by Crippen LogP contribution is 2.34. The van der Waals surface area contributed by atoms with Gasteiger partial charge in [0.15, 0.2) is 0 Å². The van der Waals surface area contributed by atoms with Crippen molar-refractivity contribution in [1.29, 1.82) is 0 Å². The molecule has 1 amide bonds. The number of hydrogen-bond acceptors (Lipinski definition) is 5. The van der Waals surface area contributed by atoms with Crippen LogP contribution in [-0.2, 0) is 16.0 Å². The van der Waals surface area contributed by atoms with Gasteiger partial charge >= 0.3 is 12.1 Å². The SMILES string of the molecule is CCOC(=O)c1c(CNC(=O)OC(C)(C)C)sc2cc(Br)ccc12. The van der Waals surface area contributed by atoms with Gasteiger partial charge in [-0.3, -0.25) is 0 Å². The second kappa shape index (κ2) is 7.53. The van der Waals surface area contributed by atoms with Gasteiger partial charge in [0.25, 0.3) is 0 Å². The third-order valence-corrected chi connectivity index (χ3v) is 4.64. The van der Waals surface area contributed by atoms with E-state index in [4.69, 9.17) is 9.47 Å². The zero-order valence-corrected chi connectivity index (χ0v) is 16.5. The summed E-state index contributed by atoms with van der Waals surface area (Å²) in [6.45, 7) is 7.67. The summed E-state index contributed by atoms with van der Waals surface area (Å²) in [5.74, 6) is -0.382. The Morgan fingerprint density at radius 3 is 2.62 bits per heavy atom. The van der Waals surface area contributed by atoms with Crippen molar-refractivity contribution >= 4 is 49.4 Å². The predicted molar refractivity (Wildman–Crippen MR) is 98.6 cm³/mol. The number of carbonyl (C=O) groups excluding carboxylic acids is 2. The molecule has 0 aliphatic heterocycles. The van der Waals surface area contributed by atoms with E-state index in [1.54, 1.807) is 27.7 Å². The molecule has 0 fully saturated rings. The fraction of sp³-hybridized carbons (Fsp3) is 0.412. The lowest BCUT2D eigenvalue weighted by molar-refractivity contribution is 0.0505. The standard InChI is InChI=1S/C17H20BrNO4S/c1-5-22-15(20)14-11-7-6-10(18)8-12(11)24-13(14)9-19-16(21)23-17(2,3)4/h6-8H,5,9H2,1-4H3,(H,19,21). The molecule has 0 saturated carbocycles. The Morgan fingerprint density at radius 1 is 1.29 bits per heavy atom. The minimum Gasteiger partial charge on any atom is -0.462 e. The van der Waals surface area contributed by atoms with Crippen LogP contribution in [0.4, 0.5) is 4.79 Å². The van der Waals surface area contributed by atoms with Crippen LogP contribution in [0, 0.1) is 0 Å². The number of alkyl carbamates (subject to hydrolysis) is 1. The van der Waals surface area contributed by atoms with Crippen molar-refractivity contribution in [3.8, 4) is 0 Å². The average Bonchev–Trinajstić information content (AvgIpc) is 2.81. The topological polar surface area (TPSA) is 64.6 Å². The van der Waals surface area contributed by atoms with Crippen LogP contribution < -0.4 is 5.32 Å². The first-order chi connectivity index (χ1) is 11.2. The molecular weight excluding hydrogens is 394 g/mol. The summed E-state index contributed by atoms with van der Waals surface area (Å²) < 4.78 is 12.3. The van der Waals surface area contributed by atoms with Crippen molar-refractivity contribution in [2.75, 3.05) is 6.61 Å². The van der Waals surface area contributed by atoms with Gasteiger partial charge in [-0.25, -0.2) is 9.59 Å². The zero-order valence-electron chi connectivity index (χ0n) is 14.1. The van der Waals surface area contributed by atoms with Gasteiger partial charge in [0, 0.05) is 19.4 Å². The lowest BCUT2D eigenvalue weighted by Crippen LogP contribution is -2.32. The van der Waals surface area contributed by atoms with E-state index >= 15 is 0 Å². The van der Waals surface area contributed by atoms with Gasteiger partial charge in [0.05, 0.1) is 18.7 Å². The van der Waals surface area contributed by atoms with Crippen molar-refractivity contribution < 1.29 is 19.1 Å². The number of carbonyl (C=O) groups is 2. The lowest BCUT2D eigenvalue weighted by Gasteiger charge is -2.19. The number of hydrogen-bond donors (Lipinski definition) is 1. The number of esters is 1. The van der Waals surface area contributed by atoms with Gasteiger partial charge in [-0.05, 0) is 39.8 Å². The zero-order chi connectivity index (χ0) is 17.9. The summed E-state index contributed by atoms with van der Waals surface area (Å²) in [4.78, 5) is 24.9. The van der Waals surface area contributed by atoms with Crippen LogP contribution in [0.2, 0.25) is 0 Å². The van der Waals surface area contributed by atoms with Crippen molar-refractivity contribution in [1.82, 2.24) is 5.32 Å². The summed E-state index contributed by atoms with van der Waals surface area (Å²) in [7, 11) is 0. The molecule has 1 aromatic carbocycles. The lowest BCUT2D eigenvalue weighted by atomic mass is 10.1. The van der Waals surface area contributed by atoms with Gasteiger partial charge in [0.1, 0.15) is 5.60 Å². The van der Waals surface area contributed by atoms with E-state index in [0.717, 1.165) is 19.4 Å². The third kappa shape index (κ3) is 4.70. The molecule has 1 N–H and O–H groups in total. The summed E-state index contributed by atoms with van der Waals surface area (Å²) in [6, 6.07) is 5.70. The van der Waals surface area contributed by atoms with Crippen molar-refractivity contribution in [3.05, 3.63) is 33.1 Å². The number of benzene rings is 1. The predicted octanol–water partition coefficient (Wildman–Crippen LogP) is 4.87. The molecule has 2 aromatic rings. The Kier molecular flexibility index (Phi) is 5.87. The average molecular weight is 414 g/mol. The minimum absolute atomic E-state index is 0.208. The number of thiophene rings is 1. The number of rotatable bonds is 4. The fourth-order valence-electron chi connectivity index (χ4n) is 2.14. The highest BCUT2D eigenvalue weighted by molar-refractivity contribution is 9.10. The number of ether oxygens (including phenoxy) is 2. The molecule has 0 spiro atoms. The number of amides is 1. The Morgan fingerprint density at radius 2 is 2.00 bits per heavy atom. The molecule has 0 saturated heterocycles. The van der Waals surface area contributed by atoms with Gasteiger partial charge in [-0.1, -0.05) is 22.0 Å². The minimum atomic E-state index is -0.570. The van der Waals surface area contributed by atoms with Gasteiger partial charge in [0.2, 0.25) is 0 Å². The number of halogens is 1. The largest absolute Gasteiger partial charge is 0.462 e. The highest BCUT2D eigenvalue weighted by atomic mass is 79.9. The summed E-state index contributed by atoms with van der Waals surface area (Å²) >= 11 is 4.88. The molecule has 2 rings (SSSR count). The maximum absolute atomic E-state index is 12.3. The molecule has 0 bridgehead atoms. The molecule has 24 heavy (non-hydrogen) atoms. The van der Waals surface area contributed by atoms with E-state index < -0.39 is 11.7 Å². The molecule has 0 aliphatic carbocycles. The summed E-state index contributed by atoms with van der Waals surface area (Å²) in [6.07, 6.45) is -0.518. The second-order valence-corrected chi connectivity index (χ2v) is 8.17. The summed E-state index contributed by atoms with van der Waals surface area (Å²) in [5, 5.41) is 3.52. The van der Waals surface area contributed by atoms with E-state index in [1.165, 1.54) is 11.3 Å². The smallest absolute Gasteiger partial charge is 0.407 e. The Bertz CT molecular complexity index is 764. The third-order valence-electron chi connectivity index (χ3n) is 3.00. The second-order valence-electron chi connectivity index (χ2n) is 6.12. The molecule has 0 atom stereocenters. The van der Waals surface area contributed by atoms with Crippen LogP contribution >= 0.6 is 27.3 Å². The summed E-state index contributed by atoms with van der Waals surface area (Å²) in [5.41, 5.74) is -0.0700. The van der Waals surface area contributed by atoms with E-state index in [2.05, 4.69) is 21.2 Å². The molecule has 1 heterocycles. The van der Waals surface area contributed by atoms with E-state index in [9.17, 15) is 9.59 Å². The maximum atomic E-state index is 12.3. The quantitative estimate of drug-likeness (QED) is 0.726. The molecule has 1 aromatic heterocycles. The Hall–Kier alpha value is -1.60. The fourth-order valence-corrected chi connectivity index (χ4v) is 3.82. The molecule has 0 unspecified atom stereocenters. The van der Waals surface area contributed by atoms with Gasteiger partial charge < -0.3 is 14.8 Å². The molecule has 0 aliphatic rings. The molecule has 0 radical (unpaired) electrons. The monoisotopic (exact) mass is 413 g/mol. The maximum Gasteiger partial charge on any atom is 0.407 e. The van der Waals surface area contributed by atoms with Gasteiger partial charge in [-0.15, -0.1) is 11.3 Å². The van der Waals surface area contributed by atoms with E-state index in [0.29, 0.717) is 12.2 Å². The van der Waals surface area contributed by atoms with Crippen LogP contribution in [0.1, 0.15) is 42.9 Å². The van der Waals surface area contributed by atoms with Crippen LogP contribution in [0.3, 0.4) is 0 Å². The molecule has 7 heteroatoms. The molecular formula is C17H20BrNO4S. The normalized spacial score (nSPS) is 11.4. The van der Waals surface area contributed by atoms with Crippen molar-refractivity contribution in [2.45, 2.75) is 39.8 Å². The Balaban J connectivity index is 2.29. The molecule has 130 valence electrons. The highest BCUT2D eigenvalue weighted by Gasteiger charge is 2.22. The van der Waals surface area contributed by atoms with Crippen LogP contribution in [0.25, 0.3) is 10.1 Å². The first kappa shape index (κ1) is 18.7. The molecule has 5 nitrogen and oxygen atoms in total. The first-order valence-corrected chi connectivity index (χ1v) is 9.17. The first-order valence-electron chi connectivity index (χ1n) is 7.56. The van der Waals surface area contributed by atoms with E-state index in [-0.39, 0.29) is 12.5 Å². The number of nitrogens with one attached hydrogen (secondary N) is 1. The number of fused-ring (bicyclic) bond motifs is 1. The van der Waals surface area contributed by atoms with Crippen LogP contribution in [0.5, 0.6) is 0 Å². The van der Waals surface area contributed by atoms with Crippen LogP contribution in [0.15, 0.2) is 22.7 Å².